The smallest absolute Gasteiger partial charge is 0.313 e. The molecule has 1 rings (SSSR count). The molecular weight excluding hydrogens is 184 g/mol. The number of ether oxygens (including phenoxy) is 3. The number of esters is 1. The zero-order valence-electron chi connectivity index (χ0n) is 8.83. The second kappa shape index (κ2) is 4.35. The van der Waals surface area contributed by atoms with Crippen LogP contribution in [0.4, 0.5) is 0 Å². The fourth-order valence-corrected chi connectivity index (χ4v) is 1.22. The Bertz CT molecular complexity index is 247. The predicted octanol–water partition coefficient (Wildman–Crippen LogP) is 1.95. The molecule has 4 nitrogen and oxygen atoms in total. The van der Waals surface area contributed by atoms with Gasteiger partial charge in [0.05, 0.1) is 6.61 Å². The lowest BCUT2D eigenvalue weighted by atomic mass is 10.2. The zero-order chi connectivity index (χ0) is 10.6. The minimum absolute atomic E-state index is 0.112. The zero-order valence-corrected chi connectivity index (χ0v) is 8.83. The molecule has 0 saturated heterocycles. The van der Waals surface area contributed by atoms with Crippen LogP contribution < -0.4 is 0 Å². The second-order valence-electron chi connectivity index (χ2n) is 3.27. The molecule has 0 aliphatic carbocycles. The van der Waals surface area contributed by atoms with Crippen molar-refractivity contribution < 1.29 is 19.0 Å². The molecule has 0 saturated carbocycles. The molecule has 4 heteroatoms. The SMILES string of the molecule is CCOC(=O)CC1(C)OC=C(CC)O1. The number of hydrogen-bond acceptors (Lipinski definition) is 4. The van der Waals surface area contributed by atoms with Crippen LogP contribution in [0.1, 0.15) is 33.6 Å². The largest absolute Gasteiger partial charge is 0.466 e. The summed E-state index contributed by atoms with van der Waals surface area (Å²) in [6, 6.07) is 0. The third kappa shape index (κ3) is 2.65. The van der Waals surface area contributed by atoms with Gasteiger partial charge in [-0.25, -0.2) is 0 Å². The monoisotopic (exact) mass is 200 g/mol. The molecular formula is C10H16O4. The summed E-state index contributed by atoms with van der Waals surface area (Å²) in [6.45, 7) is 5.84. The number of allylic oxidation sites excluding steroid dienone is 1. The van der Waals surface area contributed by atoms with E-state index in [1.165, 1.54) is 0 Å². The van der Waals surface area contributed by atoms with Gasteiger partial charge in [-0.05, 0) is 6.92 Å². The first kappa shape index (κ1) is 10.9. The van der Waals surface area contributed by atoms with Crippen LogP contribution in [-0.4, -0.2) is 18.4 Å². The van der Waals surface area contributed by atoms with Crippen molar-refractivity contribution in [3.05, 3.63) is 12.0 Å². The topological polar surface area (TPSA) is 44.8 Å². The van der Waals surface area contributed by atoms with Crippen LogP contribution in [0.5, 0.6) is 0 Å². The molecule has 1 unspecified atom stereocenters. The highest BCUT2D eigenvalue weighted by Crippen LogP contribution is 2.29. The highest BCUT2D eigenvalue weighted by molar-refractivity contribution is 5.70. The highest BCUT2D eigenvalue weighted by Gasteiger charge is 2.36. The van der Waals surface area contributed by atoms with Gasteiger partial charge >= 0.3 is 5.97 Å². The Morgan fingerprint density at radius 1 is 1.57 bits per heavy atom. The number of carbonyl (C=O) groups excluding carboxylic acids is 1. The van der Waals surface area contributed by atoms with Gasteiger partial charge in [0, 0.05) is 13.3 Å². The lowest BCUT2D eigenvalue weighted by molar-refractivity contribution is -0.170. The summed E-state index contributed by atoms with van der Waals surface area (Å²) in [5, 5.41) is 0. The maximum Gasteiger partial charge on any atom is 0.313 e. The maximum absolute atomic E-state index is 11.2. The van der Waals surface area contributed by atoms with Crippen molar-refractivity contribution in [2.75, 3.05) is 6.61 Å². The molecule has 0 bridgehead atoms. The molecule has 1 aliphatic heterocycles. The first-order valence-corrected chi connectivity index (χ1v) is 4.81. The standard InChI is InChI=1S/C10H16O4/c1-4-8-7-13-10(3,14-8)6-9(11)12-5-2/h7H,4-6H2,1-3H3. The van der Waals surface area contributed by atoms with Crippen LogP contribution in [0.2, 0.25) is 0 Å². The minimum Gasteiger partial charge on any atom is -0.466 e. The van der Waals surface area contributed by atoms with Crippen molar-refractivity contribution in [3.63, 3.8) is 0 Å². The summed E-state index contributed by atoms with van der Waals surface area (Å²) in [4.78, 5) is 11.2. The van der Waals surface area contributed by atoms with Gasteiger partial charge in [0.15, 0.2) is 0 Å². The lowest BCUT2D eigenvalue weighted by Crippen LogP contribution is -2.30. The molecule has 0 radical (unpaired) electrons. The van der Waals surface area contributed by atoms with Gasteiger partial charge in [0.1, 0.15) is 18.4 Å². The number of hydrogen-bond donors (Lipinski definition) is 0. The fourth-order valence-electron chi connectivity index (χ4n) is 1.22. The Morgan fingerprint density at radius 3 is 2.79 bits per heavy atom. The third-order valence-electron chi connectivity index (χ3n) is 1.91. The summed E-state index contributed by atoms with van der Waals surface area (Å²) in [6.07, 6.45) is 2.43. The van der Waals surface area contributed by atoms with E-state index in [1.807, 2.05) is 6.92 Å². The average Bonchev–Trinajstić information content (AvgIpc) is 2.47. The van der Waals surface area contributed by atoms with E-state index < -0.39 is 5.79 Å². The summed E-state index contributed by atoms with van der Waals surface area (Å²) >= 11 is 0. The fraction of sp³-hybridized carbons (Fsp3) is 0.700. The molecule has 0 aromatic rings. The van der Waals surface area contributed by atoms with Crippen LogP contribution in [0.15, 0.2) is 12.0 Å². The van der Waals surface area contributed by atoms with E-state index in [0.717, 1.165) is 12.2 Å². The van der Waals surface area contributed by atoms with E-state index in [-0.39, 0.29) is 12.4 Å². The second-order valence-corrected chi connectivity index (χ2v) is 3.27. The summed E-state index contributed by atoms with van der Waals surface area (Å²) < 4.78 is 15.5. The lowest BCUT2D eigenvalue weighted by Gasteiger charge is -2.22. The van der Waals surface area contributed by atoms with Crippen LogP contribution in [0.3, 0.4) is 0 Å². The molecule has 80 valence electrons. The summed E-state index contributed by atoms with van der Waals surface area (Å²) in [7, 11) is 0. The third-order valence-corrected chi connectivity index (χ3v) is 1.91. The molecule has 1 heterocycles. The molecule has 0 N–H and O–H groups in total. The summed E-state index contributed by atoms with van der Waals surface area (Å²) in [5.74, 6) is -0.421. The quantitative estimate of drug-likeness (QED) is 0.651. The first-order valence-electron chi connectivity index (χ1n) is 4.81. The van der Waals surface area contributed by atoms with Crippen LogP contribution >= 0.6 is 0 Å². The minimum atomic E-state index is -0.877. The molecule has 1 aliphatic rings. The van der Waals surface area contributed by atoms with E-state index >= 15 is 0 Å². The van der Waals surface area contributed by atoms with Crippen LogP contribution in [0.25, 0.3) is 0 Å². The van der Waals surface area contributed by atoms with E-state index in [9.17, 15) is 4.79 Å². The predicted molar refractivity (Wildman–Crippen MR) is 50.2 cm³/mol. The molecule has 1 atom stereocenters. The molecule has 0 aromatic carbocycles. The summed E-state index contributed by atoms with van der Waals surface area (Å²) in [5.41, 5.74) is 0. The molecule has 0 amide bonds. The van der Waals surface area contributed by atoms with Crippen molar-refractivity contribution in [1.29, 1.82) is 0 Å². The molecule has 14 heavy (non-hydrogen) atoms. The Balaban J connectivity index is 2.42. The number of rotatable bonds is 4. The molecule has 0 spiro atoms. The van der Waals surface area contributed by atoms with E-state index in [4.69, 9.17) is 14.2 Å². The van der Waals surface area contributed by atoms with Gasteiger partial charge < -0.3 is 14.2 Å². The maximum atomic E-state index is 11.2. The molecule has 0 aromatic heterocycles. The Hall–Kier alpha value is -1.19. The van der Waals surface area contributed by atoms with Gasteiger partial charge in [0.2, 0.25) is 0 Å². The van der Waals surface area contributed by atoms with E-state index in [2.05, 4.69) is 0 Å². The van der Waals surface area contributed by atoms with E-state index in [1.54, 1.807) is 20.1 Å². The van der Waals surface area contributed by atoms with Crippen molar-refractivity contribution in [2.24, 2.45) is 0 Å². The average molecular weight is 200 g/mol. The van der Waals surface area contributed by atoms with Crippen LogP contribution in [0, 0.1) is 0 Å². The highest BCUT2D eigenvalue weighted by atomic mass is 16.7. The Morgan fingerprint density at radius 2 is 2.29 bits per heavy atom. The normalized spacial score (nSPS) is 24.9. The number of carbonyl (C=O) groups is 1. The van der Waals surface area contributed by atoms with Crippen molar-refractivity contribution >= 4 is 5.97 Å². The van der Waals surface area contributed by atoms with Crippen LogP contribution in [-0.2, 0) is 19.0 Å². The van der Waals surface area contributed by atoms with Crippen molar-refractivity contribution in [3.8, 4) is 0 Å². The van der Waals surface area contributed by atoms with Gasteiger partial charge in [-0.1, -0.05) is 6.92 Å². The molecule has 0 fully saturated rings. The van der Waals surface area contributed by atoms with E-state index in [0.29, 0.717) is 6.61 Å². The van der Waals surface area contributed by atoms with Crippen molar-refractivity contribution in [2.45, 2.75) is 39.4 Å². The first-order chi connectivity index (χ1) is 6.59. The Labute approximate surface area is 83.8 Å². The Kier molecular flexibility index (Phi) is 3.38. The van der Waals surface area contributed by atoms with Gasteiger partial charge in [-0.2, -0.15) is 0 Å². The van der Waals surface area contributed by atoms with Gasteiger partial charge in [-0.3, -0.25) is 4.79 Å². The van der Waals surface area contributed by atoms with Gasteiger partial charge in [-0.15, -0.1) is 0 Å². The van der Waals surface area contributed by atoms with Crippen molar-refractivity contribution in [1.82, 2.24) is 0 Å². The van der Waals surface area contributed by atoms with Gasteiger partial charge in [0.25, 0.3) is 5.79 Å².